The van der Waals surface area contributed by atoms with Gasteiger partial charge in [-0.1, -0.05) is 0 Å². The monoisotopic (exact) mass is 377 g/mol. The van der Waals surface area contributed by atoms with Crippen molar-refractivity contribution < 1.29 is 17.6 Å². The maximum absolute atomic E-state index is 12.5. The van der Waals surface area contributed by atoms with Crippen molar-refractivity contribution in [1.82, 2.24) is 14.9 Å². The summed E-state index contributed by atoms with van der Waals surface area (Å²) >= 11 is 0. The topological polar surface area (TPSA) is 91.7 Å². The Kier molecular flexibility index (Phi) is 6.68. The van der Waals surface area contributed by atoms with E-state index in [-0.39, 0.29) is 35.4 Å². The van der Waals surface area contributed by atoms with Crippen LogP contribution in [0.1, 0.15) is 25.7 Å². The van der Waals surface area contributed by atoms with Gasteiger partial charge in [-0.2, -0.15) is 4.31 Å². The summed E-state index contributed by atoms with van der Waals surface area (Å²) in [6.45, 7) is 2.32. The second-order valence-electron chi connectivity index (χ2n) is 6.20. The highest BCUT2D eigenvalue weighted by molar-refractivity contribution is 7.89. The molecule has 0 radical (unpaired) electrons. The van der Waals surface area contributed by atoms with Gasteiger partial charge in [0, 0.05) is 19.6 Å². The van der Waals surface area contributed by atoms with Crippen LogP contribution in [0.5, 0.6) is 0 Å². The standard InChI is InChI=1S/C15H23N3O4S.ClH/c19-15(13-5-1-7-16-13)17-10-12-4-2-8-18(11-12)23(20,21)14-6-3-9-22-14;/h3,6,9,12-13,16H,1-2,4-5,7-8,10-11H2,(H,17,19);1H. The van der Waals surface area contributed by atoms with Crippen LogP contribution in [-0.4, -0.2) is 50.9 Å². The second-order valence-corrected chi connectivity index (χ2v) is 8.07. The Morgan fingerprint density at radius 3 is 2.88 bits per heavy atom. The molecule has 9 heteroatoms. The van der Waals surface area contributed by atoms with Crippen molar-refractivity contribution >= 4 is 28.3 Å². The summed E-state index contributed by atoms with van der Waals surface area (Å²) in [7, 11) is -3.56. The normalized spacial score (nSPS) is 25.2. The largest absolute Gasteiger partial charge is 0.452 e. The van der Waals surface area contributed by atoms with Crippen molar-refractivity contribution in [3.8, 4) is 0 Å². The van der Waals surface area contributed by atoms with Crippen LogP contribution in [0.25, 0.3) is 0 Å². The Balaban J connectivity index is 0.00000208. The summed E-state index contributed by atoms with van der Waals surface area (Å²) in [4.78, 5) is 12.0. The average Bonchev–Trinajstić information content (AvgIpc) is 3.25. The van der Waals surface area contributed by atoms with Gasteiger partial charge >= 0.3 is 0 Å². The molecule has 1 aromatic rings. The molecule has 0 spiro atoms. The fraction of sp³-hybridized carbons (Fsp3) is 0.667. The van der Waals surface area contributed by atoms with Crippen molar-refractivity contribution in [1.29, 1.82) is 0 Å². The number of hydrogen-bond donors (Lipinski definition) is 2. The molecular weight excluding hydrogens is 354 g/mol. The van der Waals surface area contributed by atoms with Crippen LogP contribution in [0.4, 0.5) is 0 Å². The van der Waals surface area contributed by atoms with Crippen molar-refractivity contribution in [3.63, 3.8) is 0 Å². The zero-order chi connectivity index (χ0) is 16.3. The predicted octanol–water partition coefficient (Wildman–Crippen LogP) is 0.970. The minimum Gasteiger partial charge on any atom is -0.452 e. The van der Waals surface area contributed by atoms with Crippen LogP contribution in [-0.2, 0) is 14.8 Å². The third-order valence-corrected chi connectivity index (χ3v) is 6.26. The van der Waals surface area contributed by atoms with E-state index in [4.69, 9.17) is 4.42 Å². The van der Waals surface area contributed by atoms with Gasteiger partial charge in [0.05, 0.1) is 12.3 Å². The van der Waals surface area contributed by atoms with Crippen LogP contribution in [0.3, 0.4) is 0 Å². The second kappa shape index (κ2) is 8.33. The lowest BCUT2D eigenvalue weighted by Gasteiger charge is -2.31. The van der Waals surface area contributed by atoms with Crippen LogP contribution in [0.15, 0.2) is 27.9 Å². The van der Waals surface area contributed by atoms with Gasteiger partial charge in [-0.25, -0.2) is 8.42 Å². The van der Waals surface area contributed by atoms with Crippen LogP contribution >= 0.6 is 12.4 Å². The molecule has 2 unspecified atom stereocenters. The van der Waals surface area contributed by atoms with Gasteiger partial charge in [0.1, 0.15) is 0 Å². The average molecular weight is 378 g/mol. The third-order valence-electron chi connectivity index (χ3n) is 4.51. The summed E-state index contributed by atoms with van der Waals surface area (Å²) in [6, 6.07) is 2.94. The molecular formula is C15H24ClN3O4S. The number of rotatable bonds is 5. The Bertz CT molecular complexity index is 629. The summed E-state index contributed by atoms with van der Waals surface area (Å²) in [5.74, 6) is 0.160. The molecule has 7 nitrogen and oxygen atoms in total. The maximum atomic E-state index is 12.5. The molecule has 2 aliphatic heterocycles. The van der Waals surface area contributed by atoms with E-state index in [1.165, 1.54) is 16.6 Å². The number of amides is 1. The Hall–Kier alpha value is -1.09. The van der Waals surface area contributed by atoms with Crippen LogP contribution in [0.2, 0.25) is 0 Å². The molecule has 2 atom stereocenters. The number of hydrogen-bond acceptors (Lipinski definition) is 5. The fourth-order valence-electron chi connectivity index (χ4n) is 3.23. The number of nitrogens with one attached hydrogen (secondary N) is 2. The first kappa shape index (κ1) is 19.2. The molecule has 2 aliphatic rings. The molecule has 0 aromatic carbocycles. The Morgan fingerprint density at radius 1 is 1.38 bits per heavy atom. The molecule has 3 rings (SSSR count). The highest BCUT2D eigenvalue weighted by Gasteiger charge is 2.32. The number of piperidine rings is 1. The SMILES string of the molecule is Cl.O=C(NCC1CCCN(S(=O)(=O)c2ccco2)C1)C1CCCN1. The molecule has 3 heterocycles. The summed E-state index contributed by atoms with van der Waals surface area (Å²) in [5.41, 5.74) is 0. The number of carbonyl (C=O) groups excluding carboxylic acids is 1. The molecule has 24 heavy (non-hydrogen) atoms. The summed E-state index contributed by atoms with van der Waals surface area (Å²) in [6.07, 6.45) is 4.97. The highest BCUT2D eigenvalue weighted by Crippen LogP contribution is 2.23. The van der Waals surface area contributed by atoms with Gasteiger partial charge in [-0.3, -0.25) is 4.79 Å². The first-order chi connectivity index (χ1) is 11.1. The van der Waals surface area contributed by atoms with Crippen LogP contribution in [0, 0.1) is 5.92 Å². The van der Waals surface area contributed by atoms with Gasteiger partial charge in [-0.05, 0) is 50.3 Å². The molecule has 2 N–H and O–H groups in total. The third kappa shape index (κ3) is 4.30. The molecule has 136 valence electrons. The number of halogens is 1. The lowest BCUT2D eigenvalue weighted by atomic mass is 9.99. The van der Waals surface area contributed by atoms with E-state index in [1.54, 1.807) is 6.07 Å². The molecule has 0 saturated carbocycles. The van der Waals surface area contributed by atoms with E-state index >= 15 is 0 Å². The van der Waals surface area contributed by atoms with Crippen molar-refractivity contribution in [3.05, 3.63) is 18.4 Å². The lowest BCUT2D eigenvalue weighted by Crippen LogP contribution is -2.46. The number of furan rings is 1. The molecule has 0 bridgehead atoms. The van der Waals surface area contributed by atoms with Gasteiger partial charge < -0.3 is 15.1 Å². The zero-order valence-electron chi connectivity index (χ0n) is 13.4. The van der Waals surface area contributed by atoms with E-state index in [9.17, 15) is 13.2 Å². The molecule has 2 saturated heterocycles. The van der Waals surface area contributed by atoms with E-state index in [2.05, 4.69) is 10.6 Å². The van der Waals surface area contributed by atoms with E-state index in [0.717, 1.165) is 32.2 Å². The minimum atomic E-state index is -3.56. The molecule has 0 aliphatic carbocycles. The fourth-order valence-corrected chi connectivity index (χ4v) is 4.68. The minimum absolute atomic E-state index is 0. The first-order valence-electron chi connectivity index (χ1n) is 8.12. The Labute approximate surface area is 148 Å². The maximum Gasteiger partial charge on any atom is 0.276 e. The van der Waals surface area contributed by atoms with Gasteiger partial charge in [-0.15, -0.1) is 12.4 Å². The van der Waals surface area contributed by atoms with Gasteiger partial charge in [0.15, 0.2) is 0 Å². The van der Waals surface area contributed by atoms with Crippen molar-refractivity contribution in [2.24, 2.45) is 5.92 Å². The van der Waals surface area contributed by atoms with Crippen molar-refractivity contribution in [2.75, 3.05) is 26.2 Å². The lowest BCUT2D eigenvalue weighted by molar-refractivity contribution is -0.123. The van der Waals surface area contributed by atoms with Gasteiger partial charge in [0.2, 0.25) is 11.0 Å². The summed E-state index contributed by atoms with van der Waals surface area (Å²) in [5, 5.41) is 6.10. The molecule has 1 amide bonds. The number of sulfonamides is 1. The Morgan fingerprint density at radius 2 is 2.21 bits per heavy atom. The first-order valence-corrected chi connectivity index (χ1v) is 9.56. The zero-order valence-corrected chi connectivity index (χ0v) is 15.1. The van der Waals surface area contributed by atoms with E-state index < -0.39 is 10.0 Å². The molecule has 1 aromatic heterocycles. The predicted molar refractivity (Wildman–Crippen MR) is 91.5 cm³/mol. The van der Waals surface area contributed by atoms with E-state index in [1.807, 2.05) is 0 Å². The van der Waals surface area contributed by atoms with Gasteiger partial charge in [0.25, 0.3) is 10.0 Å². The summed E-state index contributed by atoms with van der Waals surface area (Å²) < 4.78 is 31.5. The highest BCUT2D eigenvalue weighted by atomic mass is 35.5. The quantitative estimate of drug-likeness (QED) is 0.797. The number of nitrogens with zero attached hydrogens (tertiary/aromatic N) is 1. The molecule has 2 fully saturated rings. The smallest absolute Gasteiger partial charge is 0.276 e. The van der Waals surface area contributed by atoms with Crippen LogP contribution < -0.4 is 10.6 Å². The number of carbonyl (C=O) groups is 1. The van der Waals surface area contributed by atoms with E-state index in [0.29, 0.717) is 19.6 Å². The van der Waals surface area contributed by atoms with Crippen molar-refractivity contribution in [2.45, 2.75) is 36.8 Å².